The van der Waals surface area contributed by atoms with Gasteiger partial charge < -0.3 is 10.1 Å². The molecule has 0 aliphatic heterocycles. The molecule has 1 aromatic carbocycles. The number of nitrogens with zero attached hydrogens (tertiary/aromatic N) is 2. The number of aromatic nitrogens is 2. The van der Waals surface area contributed by atoms with Gasteiger partial charge in [-0.15, -0.1) is 0 Å². The molecule has 0 spiro atoms. The molecular formula is C16H21N3O. The molecule has 0 amide bonds. The molecular weight excluding hydrogens is 250 g/mol. The molecule has 1 heterocycles. The van der Waals surface area contributed by atoms with Crippen molar-refractivity contribution < 1.29 is 4.74 Å². The lowest BCUT2D eigenvalue weighted by Gasteiger charge is -2.09. The van der Waals surface area contributed by atoms with Crippen LogP contribution in [0.5, 0.6) is 11.6 Å². The zero-order chi connectivity index (χ0) is 14.4. The van der Waals surface area contributed by atoms with E-state index in [4.69, 9.17) is 4.74 Å². The lowest BCUT2D eigenvalue weighted by Crippen LogP contribution is -2.02. The molecule has 106 valence electrons. The number of ether oxygens (including phenoxy) is 1. The summed E-state index contributed by atoms with van der Waals surface area (Å²) in [5, 5.41) is 3.21. The van der Waals surface area contributed by atoms with Crippen molar-refractivity contribution in [1.29, 1.82) is 0 Å². The van der Waals surface area contributed by atoms with Crippen molar-refractivity contribution in [2.24, 2.45) is 0 Å². The largest absolute Gasteiger partial charge is 0.439 e. The highest BCUT2D eigenvalue weighted by Gasteiger charge is 2.03. The zero-order valence-corrected chi connectivity index (χ0v) is 12.3. The minimum Gasteiger partial charge on any atom is -0.439 e. The first-order valence-electron chi connectivity index (χ1n) is 7.02. The van der Waals surface area contributed by atoms with Crippen molar-refractivity contribution >= 4 is 5.82 Å². The van der Waals surface area contributed by atoms with Gasteiger partial charge in [0.05, 0.1) is 0 Å². The van der Waals surface area contributed by atoms with Crippen LogP contribution < -0.4 is 10.1 Å². The Kier molecular flexibility index (Phi) is 4.93. The predicted molar refractivity (Wildman–Crippen MR) is 81.4 cm³/mol. The Labute approximate surface area is 120 Å². The van der Waals surface area contributed by atoms with Crippen LogP contribution in [0.4, 0.5) is 5.82 Å². The molecule has 4 nitrogen and oxygen atoms in total. The van der Waals surface area contributed by atoms with E-state index in [1.807, 2.05) is 18.2 Å². The molecule has 0 aliphatic rings. The monoisotopic (exact) mass is 271 g/mol. The fourth-order valence-corrected chi connectivity index (χ4v) is 1.79. The van der Waals surface area contributed by atoms with Crippen LogP contribution in [0.15, 0.2) is 36.7 Å². The van der Waals surface area contributed by atoms with E-state index in [0.717, 1.165) is 24.5 Å². The topological polar surface area (TPSA) is 47.0 Å². The Balaban J connectivity index is 2.05. The Morgan fingerprint density at radius 2 is 1.90 bits per heavy atom. The molecule has 0 atom stereocenters. The lowest BCUT2D eigenvalue weighted by atomic mass is 10.0. The smallest absolute Gasteiger partial charge is 0.224 e. The summed E-state index contributed by atoms with van der Waals surface area (Å²) in [4.78, 5) is 8.28. The molecule has 0 aliphatic carbocycles. The molecule has 1 aromatic heterocycles. The summed E-state index contributed by atoms with van der Waals surface area (Å²) in [5.41, 5.74) is 1.30. The van der Waals surface area contributed by atoms with E-state index >= 15 is 0 Å². The number of hydrogen-bond donors (Lipinski definition) is 1. The maximum Gasteiger partial charge on any atom is 0.224 e. The normalized spacial score (nSPS) is 10.6. The van der Waals surface area contributed by atoms with Gasteiger partial charge in [-0.1, -0.05) is 32.9 Å². The Morgan fingerprint density at radius 3 is 2.55 bits per heavy atom. The van der Waals surface area contributed by atoms with Crippen LogP contribution in [-0.2, 0) is 0 Å². The average Bonchev–Trinajstić information content (AvgIpc) is 2.46. The highest BCUT2D eigenvalue weighted by atomic mass is 16.5. The molecule has 0 fully saturated rings. The van der Waals surface area contributed by atoms with E-state index in [1.54, 1.807) is 0 Å². The summed E-state index contributed by atoms with van der Waals surface area (Å²) in [5.74, 6) is 2.65. The predicted octanol–water partition coefficient (Wildman–Crippen LogP) is 4.21. The van der Waals surface area contributed by atoms with Crippen LogP contribution in [0, 0.1) is 0 Å². The standard InChI is InChI=1S/C16H21N3O/c1-4-9-17-15-10-16(19-11-18-15)20-14-7-5-13(6-8-14)12(2)3/h5-8,10-12H,4,9H2,1-3H3,(H,17,18,19). The van der Waals surface area contributed by atoms with Crippen LogP contribution >= 0.6 is 0 Å². The minimum absolute atomic E-state index is 0.521. The van der Waals surface area contributed by atoms with E-state index < -0.39 is 0 Å². The highest BCUT2D eigenvalue weighted by molar-refractivity contribution is 5.39. The molecule has 20 heavy (non-hydrogen) atoms. The molecule has 1 N–H and O–H groups in total. The summed E-state index contributed by atoms with van der Waals surface area (Å²) in [6.45, 7) is 7.35. The third-order valence-corrected chi connectivity index (χ3v) is 2.97. The molecule has 0 unspecified atom stereocenters. The first-order valence-corrected chi connectivity index (χ1v) is 7.02. The van der Waals surface area contributed by atoms with Gasteiger partial charge in [-0.05, 0) is 30.0 Å². The van der Waals surface area contributed by atoms with E-state index in [2.05, 4.69) is 48.2 Å². The van der Waals surface area contributed by atoms with Gasteiger partial charge in [0.1, 0.15) is 17.9 Å². The summed E-state index contributed by atoms with van der Waals surface area (Å²) in [6.07, 6.45) is 2.56. The van der Waals surface area contributed by atoms with E-state index in [1.165, 1.54) is 11.9 Å². The minimum atomic E-state index is 0.521. The molecule has 0 radical (unpaired) electrons. The van der Waals surface area contributed by atoms with Crippen molar-refractivity contribution in [2.75, 3.05) is 11.9 Å². The Morgan fingerprint density at radius 1 is 1.15 bits per heavy atom. The lowest BCUT2D eigenvalue weighted by molar-refractivity contribution is 0.461. The van der Waals surface area contributed by atoms with Crippen molar-refractivity contribution in [3.63, 3.8) is 0 Å². The SMILES string of the molecule is CCCNc1cc(Oc2ccc(C(C)C)cc2)ncn1. The number of anilines is 1. The second kappa shape index (κ2) is 6.89. The Hall–Kier alpha value is -2.10. The van der Waals surface area contributed by atoms with E-state index in [9.17, 15) is 0 Å². The summed E-state index contributed by atoms with van der Waals surface area (Å²) in [6, 6.07) is 9.91. The first kappa shape index (κ1) is 14.3. The number of nitrogens with one attached hydrogen (secondary N) is 1. The average molecular weight is 271 g/mol. The fourth-order valence-electron chi connectivity index (χ4n) is 1.79. The van der Waals surface area contributed by atoms with Gasteiger partial charge in [-0.2, -0.15) is 0 Å². The third kappa shape index (κ3) is 3.95. The van der Waals surface area contributed by atoms with Crippen LogP contribution in [-0.4, -0.2) is 16.5 Å². The van der Waals surface area contributed by atoms with Crippen molar-refractivity contribution in [3.05, 3.63) is 42.2 Å². The van der Waals surface area contributed by atoms with E-state index in [0.29, 0.717) is 11.8 Å². The van der Waals surface area contributed by atoms with Gasteiger partial charge in [-0.25, -0.2) is 9.97 Å². The Bertz CT molecular complexity index is 538. The van der Waals surface area contributed by atoms with Crippen LogP contribution in [0.3, 0.4) is 0 Å². The van der Waals surface area contributed by atoms with Crippen LogP contribution in [0.2, 0.25) is 0 Å². The highest BCUT2D eigenvalue weighted by Crippen LogP contribution is 2.23. The van der Waals surface area contributed by atoms with Gasteiger partial charge >= 0.3 is 0 Å². The van der Waals surface area contributed by atoms with Gasteiger partial charge in [0.2, 0.25) is 5.88 Å². The molecule has 0 saturated heterocycles. The maximum atomic E-state index is 5.74. The van der Waals surface area contributed by atoms with E-state index in [-0.39, 0.29) is 0 Å². The maximum absolute atomic E-state index is 5.74. The second-order valence-electron chi connectivity index (χ2n) is 4.99. The fraction of sp³-hybridized carbons (Fsp3) is 0.375. The molecule has 4 heteroatoms. The molecule has 2 rings (SSSR count). The third-order valence-electron chi connectivity index (χ3n) is 2.97. The van der Waals surface area contributed by atoms with Crippen molar-refractivity contribution in [2.45, 2.75) is 33.1 Å². The second-order valence-corrected chi connectivity index (χ2v) is 4.99. The number of benzene rings is 1. The van der Waals surface area contributed by atoms with Crippen molar-refractivity contribution in [1.82, 2.24) is 9.97 Å². The number of hydrogen-bond acceptors (Lipinski definition) is 4. The van der Waals surface area contributed by atoms with Crippen LogP contribution in [0.1, 0.15) is 38.7 Å². The van der Waals surface area contributed by atoms with Crippen molar-refractivity contribution in [3.8, 4) is 11.6 Å². The zero-order valence-electron chi connectivity index (χ0n) is 12.3. The summed E-state index contributed by atoms with van der Waals surface area (Å²) < 4.78 is 5.74. The molecule has 0 bridgehead atoms. The summed E-state index contributed by atoms with van der Waals surface area (Å²) in [7, 11) is 0. The molecule has 2 aromatic rings. The summed E-state index contributed by atoms with van der Waals surface area (Å²) >= 11 is 0. The van der Waals surface area contributed by atoms with Gasteiger partial charge in [0, 0.05) is 12.6 Å². The first-order chi connectivity index (χ1) is 9.69. The van der Waals surface area contributed by atoms with Crippen LogP contribution in [0.25, 0.3) is 0 Å². The van der Waals surface area contributed by atoms with Gasteiger partial charge in [-0.3, -0.25) is 0 Å². The van der Waals surface area contributed by atoms with Gasteiger partial charge in [0.25, 0.3) is 0 Å². The quantitative estimate of drug-likeness (QED) is 0.854. The van der Waals surface area contributed by atoms with Gasteiger partial charge in [0.15, 0.2) is 0 Å². The number of rotatable bonds is 6. The molecule has 0 saturated carbocycles.